The Kier molecular flexibility index (Phi) is 3.93. The minimum Gasteiger partial charge on any atom is -0.508 e. The standard InChI is InChI=1S/C18H17NO4/c1-11-7-17-13(9-15(11)20)12(8-18(21)23-17)10-19-14-5-3-4-6-16(14)22-2/h3-9,19-20H,10H2,1-2H3. The molecule has 1 heterocycles. The topological polar surface area (TPSA) is 71.7 Å². The van der Waals surface area contributed by atoms with E-state index in [1.807, 2.05) is 24.3 Å². The summed E-state index contributed by atoms with van der Waals surface area (Å²) in [6, 6.07) is 12.3. The van der Waals surface area contributed by atoms with Crippen LogP contribution in [0.1, 0.15) is 11.1 Å². The van der Waals surface area contributed by atoms with E-state index in [4.69, 9.17) is 9.15 Å². The predicted molar refractivity (Wildman–Crippen MR) is 89.2 cm³/mol. The molecule has 2 N–H and O–H groups in total. The van der Waals surface area contributed by atoms with Gasteiger partial charge in [-0.15, -0.1) is 0 Å². The molecule has 0 aliphatic heterocycles. The van der Waals surface area contributed by atoms with Crippen molar-refractivity contribution < 1.29 is 14.3 Å². The van der Waals surface area contributed by atoms with Crippen LogP contribution in [0.25, 0.3) is 11.0 Å². The molecule has 0 spiro atoms. The van der Waals surface area contributed by atoms with Crippen LogP contribution in [-0.4, -0.2) is 12.2 Å². The van der Waals surface area contributed by atoms with Crippen molar-refractivity contribution in [3.63, 3.8) is 0 Å². The molecule has 3 rings (SSSR count). The second kappa shape index (κ2) is 6.04. The summed E-state index contributed by atoms with van der Waals surface area (Å²) in [6.07, 6.45) is 0. The van der Waals surface area contributed by atoms with Crippen molar-refractivity contribution in [2.75, 3.05) is 12.4 Å². The Balaban J connectivity index is 1.99. The minimum absolute atomic E-state index is 0.171. The Bertz CT molecular complexity index is 915. The van der Waals surface area contributed by atoms with Crippen molar-refractivity contribution in [2.24, 2.45) is 0 Å². The van der Waals surface area contributed by atoms with E-state index in [1.165, 1.54) is 6.07 Å². The van der Waals surface area contributed by atoms with E-state index < -0.39 is 5.63 Å². The molecular formula is C18H17NO4. The minimum atomic E-state index is -0.417. The average molecular weight is 311 g/mol. The number of nitrogens with one attached hydrogen (secondary N) is 1. The highest BCUT2D eigenvalue weighted by molar-refractivity contribution is 5.83. The molecule has 5 heteroatoms. The number of rotatable bonds is 4. The first kappa shape index (κ1) is 15.0. The van der Waals surface area contributed by atoms with Gasteiger partial charge in [0, 0.05) is 18.0 Å². The second-order valence-corrected chi connectivity index (χ2v) is 5.28. The second-order valence-electron chi connectivity index (χ2n) is 5.28. The van der Waals surface area contributed by atoms with Crippen LogP contribution in [0, 0.1) is 6.92 Å². The number of methoxy groups -OCH3 is 1. The summed E-state index contributed by atoms with van der Waals surface area (Å²) in [5.41, 5.74) is 2.28. The summed E-state index contributed by atoms with van der Waals surface area (Å²) in [7, 11) is 1.61. The van der Waals surface area contributed by atoms with Crippen molar-refractivity contribution in [2.45, 2.75) is 13.5 Å². The molecule has 0 fully saturated rings. The van der Waals surface area contributed by atoms with Crippen molar-refractivity contribution in [3.8, 4) is 11.5 Å². The van der Waals surface area contributed by atoms with E-state index in [0.717, 1.165) is 17.0 Å². The molecule has 0 amide bonds. The number of anilines is 1. The van der Waals surface area contributed by atoms with E-state index in [1.54, 1.807) is 26.2 Å². The number of hydrogen-bond donors (Lipinski definition) is 2. The van der Waals surface area contributed by atoms with Gasteiger partial charge in [-0.3, -0.25) is 0 Å². The maximum Gasteiger partial charge on any atom is 0.336 e. The summed E-state index contributed by atoms with van der Waals surface area (Å²) in [4.78, 5) is 11.8. The fraction of sp³-hybridized carbons (Fsp3) is 0.167. The third-order valence-electron chi connectivity index (χ3n) is 3.72. The zero-order chi connectivity index (χ0) is 16.4. The third-order valence-corrected chi connectivity index (χ3v) is 3.72. The maximum absolute atomic E-state index is 11.8. The van der Waals surface area contributed by atoms with E-state index in [9.17, 15) is 9.90 Å². The van der Waals surface area contributed by atoms with Gasteiger partial charge in [-0.25, -0.2) is 4.79 Å². The lowest BCUT2D eigenvalue weighted by atomic mass is 10.1. The van der Waals surface area contributed by atoms with Crippen LogP contribution in [0.5, 0.6) is 11.5 Å². The van der Waals surface area contributed by atoms with Gasteiger partial charge in [-0.1, -0.05) is 12.1 Å². The van der Waals surface area contributed by atoms with Gasteiger partial charge in [0.05, 0.1) is 12.8 Å². The van der Waals surface area contributed by atoms with E-state index in [0.29, 0.717) is 23.1 Å². The van der Waals surface area contributed by atoms with E-state index in [-0.39, 0.29) is 5.75 Å². The molecule has 0 saturated heterocycles. The smallest absolute Gasteiger partial charge is 0.336 e. The Morgan fingerprint density at radius 1 is 1.22 bits per heavy atom. The monoisotopic (exact) mass is 311 g/mol. The molecule has 0 unspecified atom stereocenters. The summed E-state index contributed by atoms with van der Waals surface area (Å²) < 4.78 is 10.5. The van der Waals surface area contributed by atoms with Crippen molar-refractivity contribution in [1.29, 1.82) is 0 Å². The van der Waals surface area contributed by atoms with Gasteiger partial charge in [-0.2, -0.15) is 0 Å². The van der Waals surface area contributed by atoms with Crippen LogP contribution >= 0.6 is 0 Å². The molecule has 0 aliphatic rings. The highest BCUT2D eigenvalue weighted by Crippen LogP contribution is 2.28. The van der Waals surface area contributed by atoms with Gasteiger partial charge in [0.25, 0.3) is 0 Å². The van der Waals surface area contributed by atoms with E-state index in [2.05, 4.69) is 5.32 Å². The lowest BCUT2D eigenvalue weighted by Gasteiger charge is -2.12. The summed E-state index contributed by atoms with van der Waals surface area (Å²) >= 11 is 0. The molecule has 0 atom stereocenters. The number of fused-ring (bicyclic) bond motifs is 1. The number of phenols is 1. The van der Waals surface area contributed by atoms with Crippen LogP contribution in [0.3, 0.4) is 0 Å². The molecule has 5 nitrogen and oxygen atoms in total. The van der Waals surface area contributed by atoms with Gasteiger partial charge < -0.3 is 19.6 Å². The molecule has 118 valence electrons. The molecular weight excluding hydrogens is 294 g/mol. The highest BCUT2D eigenvalue weighted by atomic mass is 16.5. The predicted octanol–water partition coefficient (Wildman–Crippen LogP) is 3.43. The Hall–Kier alpha value is -2.95. The fourth-order valence-electron chi connectivity index (χ4n) is 2.49. The fourth-order valence-corrected chi connectivity index (χ4v) is 2.49. The van der Waals surface area contributed by atoms with Gasteiger partial charge in [-0.05, 0) is 42.3 Å². The molecule has 23 heavy (non-hydrogen) atoms. The Morgan fingerprint density at radius 2 is 2.00 bits per heavy atom. The third kappa shape index (κ3) is 2.99. The van der Waals surface area contributed by atoms with Crippen LogP contribution < -0.4 is 15.7 Å². The van der Waals surface area contributed by atoms with Crippen molar-refractivity contribution >= 4 is 16.7 Å². The first-order valence-electron chi connectivity index (χ1n) is 7.21. The van der Waals surface area contributed by atoms with Crippen LogP contribution in [0.15, 0.2) is 51.7 Å². The first-order chi connectivity index (χ1) is 11.1. The van der Waals surface area contributed by atoms with Gasteiger partial charge >= 0.3 is 5.63 Å². The maximum atomic E-state index is 11.8. The molecule has 0 saturated carbocycles. The highest BCUT2D eigenvalue weighted by Gasteiger charge is 2.09. The quantitative estimate of drug-likeness (QED) is 0.722. The number of ether oxygens (including phenoxy) is 1. The normalized spacial score (nSPS) is 10.7. The van der Waals surface area contributed by atoms with E-state index >= 15 is 0 Å². The number of aromatic hydroxyl groups is 1. The Labute approximate surface area is 133 Å². The van der Waals surface area contributed by atoms with Crippen LogP contribution in [0.2, 0.25) is 0 Å². The Morgan fingerprint density at radius 3 is 2.78 bits per heavy atom. The van der Waals surface area contributed by atoms with Crippen LogP contribution in [-0.2, 0) is 6.54 Å². The van der Waals surface area contributed by atoms with Gasteiger partial charge in [0.15, 0.2) is 0 Å². The summed E-state index contributed by atoms with van der Waals surface area (Å²) in [6.45, 7) is 2.17. The average Bonchev–Trinajstić information content (AvgIpc) is 2.54. The zero-order valence-electron chi connectivity index (χ0n) is 12.9. The number of phenolic OH excluding ortho intramolecular Hbond substituents is 1. The molecule has 0 aliphatic carbocycles. The molecule has 2 aromatic carbocycles. The van der Waals surface area contributed by atoms with Crippen molar-refractivity contribution in [1.82, 2.24) is 0 Å². The molecule has 3 aromatic rings. The largest absolute Gasteiger partial charge is 0.508 e. The lowest BCUT2D eigenvalue weighted by molar-refractivity contribution is 0.416. The zero-order valence-corrected chi connectivity index (χ0v) is 12.9. The molecule has 1 aromatic heterocycles. The first-order valence-corrected chi connectivity index (χ1v) is 7.21. The van der Waals surface area contributed by atoms with Gasteiger partial charge in [0.1, 0.15) is 17.1 Å². The van der Waals surface area contributed by atoms with Gasteiger partial charge in [0.2, 0.25) is 0 Å². The van der Waals surface area contributed by atoms with Crippen LogP contribution in [0.4, 0.5) is 5.69 Å². The molecule has 0 radical (unpaired) electrons. The SMILES string of the molecule is COc1ccccc1NCc1cc(=O)oc2cc(C)c(O)cc12. The number of hydrogen-bond acceptors (Lipinski definition) is 5. The summed E-state index contributed by atoms with van der Waals surface area (Å²) in [5.74, 6) is 0.892. The summed E-state index contributed by atoms with van der Waals surface area (Å²) in [5, 5.41) is 13.9. The number of benzene rings is 2. The number of aryl methyl sites for hydroxylation is 1. The molecule has 0 bridgehead atoms. The van der Waals surface area contributed by atoms with Crippen molar-refractivity contribution in [3.05, 3.63) is 64.0 Å². The lowest BCUT2D eigenvalue weighted by Crippen LogP contribution is -2.06. The number of para-hydroxylation sites is 2.